The van der Waals surface area contributed by atoms with Gasteiger partial charge in [0.2, 0.25) is 0 Å². The van der Waals surface area contributed by atoms with Gasteiger partial charge in [0.1, 0.15) is 17.4 Å². The minimum absolute atomic E-state index is 0.197. The fourth-order valence-corrected chi connectivity index (χ4v) is 6.23. The molecule has 2 aromatic heterocycles. The first-order chi connectivity index (χ1) is 22.1. The van der Waals surface area contributed by atoms with E-state index in [1.54, 1.807) is 4.68 Å². The van der Waals surface area contributed by atoms with Crippen LogP contribution in [0.25, 0.3) is 16.7 Å². The summed E-state index contributed by atoms with van der Waals surface area (Å²) in [5, 5.41) is 14.3. The van der Waals surface area contributed by atoms with Crippen molar-refractivity contribution in [3.8, 4) is 5.69 Å². The van der Waals surface area contributed by atoms with E-state index in [9.17, 15) is 9.59 Å². The number of ketones is 1. The zero-order valence-corrected chi connectivity index (χ0v) is 27.1. The standard InChI is InChI=1S/C37H43N7O2/c1-24-12-14-28(15-13-24)44-34(23-32(43-44)37(2,3)4)42-36(46)39-27-9-7-8-26(22-27)35(25-18-20-38-21-19-25)31(45)16-17-33-40-29-10-5-6-11-30(29)41-33/h5-15,22-23,25,35,38H,16-21H2,1-4H3,(H,40,41)(H2,39,42,46). The van der Waals surface area contributed by atoms with Crippen LogP contribution < -0.4 is 16.0 Å². The van der Waals surface area contributed by atoms with E-state index >= 15 is 0 Å². The number of hydrogen-bond donors (Lipinski definition) is 4. The highest BCUT2D eigenvalue weighted by Crippen LogP contribution is 2.34. The molecule has 9 nitrogen and oxygen atoms in total. The van der Waals surface area contributed by atoms with Crippen molar-refractivity contribution in [3.05, 3.63) is 102 Å². The third-order valence-corrected chi connectivity index (χ3v) is 8.75. The maximum atomic E-state index is 13.9. The third kappa shape index (κ3) is 7.21. The number of aromatic nitrogens is 4. The van der Waals surface area contributed by atoms with Gasteiger partial charge in [-0.05, 0) is 80.7 Å². The molecular weight excluding hydrogens is 574 g/mol. The number of aromatic amines is 1. The number of para-hydroxylation sites is 2. The molecule has 0 bridgehead atoms. The van der Waals surface area contributed by atoms with E-state index < -0.39 is 0 Å². The van der Waals surface area contributed by atoms with Gasteiger partial charge in [-0.15, -0.1) is 0 Å². The zero-order chi connectivity index (χ0) is 32.3. The Balaban J connectivity index is 1.20. The number of nitrogens with one attached hydrogen (secondary N) is 4. The van der Waals surface area contributed by atoms with Crippen molar-refractivity contribution in [2.24, 2.45) is 5.92 Å². The summed E-state index contributed by atoms with van der Waals surface area (Å²) in [6, 6.07) is 25.2. The molecule has 2 amide bonds. The lowest BCUT2D eigenvalue weighted by molar-refractivity contribution is -0.121. The minimum atomic E-state index is -0.375. The number of aryl methyl sites for hydroxylation is 2. The van der Waals surface area contributed by atoms with E-state index in [1.165, 1.54) is 0 Å². The molecule has 1 saturated heterocycles. The Hall–Kier alpha value is -4.76. The maximum Gasteiger partial charge on any atom is 0.324 e. The van der Waals surface area contributed by atoms with Crippen LogP contribution in [0.2, 0.25) is 0 Å². The van der Waals surface area contributed by atoms with E-state index in [2.05, 4.69) is 46.7 Å². The van der Waals surface area contributed by atoms with Crippen molar-refractivity contribution in [1.29, 1.82) is 0 Å². The van der Waals surface area contributed by atoms with Gasteiger partial charge in [0.25, 0.3) is 0 Å². The van der Waals surface area contributed by atoms with E-state index in [-0.39, 0.29) is 29.1 Å². The summed E-state index contributed by atoms with van der Waals surface area (Å²) >= 11 is 0. The third-order valence-electron chi connectivity index (χ3n) is 8.75. The fourth-order valence-electron chi connectivity index (χ4n) is 6.23. The number of imidazole rings is 1. The molecule has 1 fully saturated rings. The van der Waals surface area contributed by atoms with Gasteiger partial charge in [-0.1, -0.05) is 62.7 Å². The largest absolute Gasteiger partial charge is 0.342 e. The van der Waals surface area contributed by atoms with Gasteiger partial charge in [-0.3, -0.25) is 10.1 Å². The number of piperidine rings is 1. The van der Waals surface area contributed by atoms with Crippen molar-refractivity contribution in [2.45, 2.75) is 64.7 Å². The highest BCUT2D eigenvalue weighted by molar-refractivity contribution is 5.99. The molecule has 0 radical (unpaired) electrons. The number of rotatable bonds is 9. The minimum Gasteiger partial charge on any atom is -0.342 e. The molecule has 5 aromatic rings. The van der Waals surface area contributed by atoms with Gasteiger partial charge in [-0.2, -0.15) is 5.10 Å². The van der Waals surface area contributed by atoms with E-state index in [0.717, 1.165) is 65.3 Å². The first-order valence-electron chi connectivity index (χ1n) is 16.2. The molecule has 9 heteroatoms. The van der Waals surface area contributed by atoms with Crippen LogP contribution in [0.1, 0.15) is 68.6 Å². The number of carbonyl (C=O) groups is 2. The first-order valence-corrected chi connectivity index (χ1v) is 16.2. The average molecular weight is 618 g/mol. The topological polar surface area (TPSA) is 117 Å². The van der Waals surface area contributed by atoms with Crippen LogP contribution in [0.4, 0.5) is 16.3 Å². The van der Waals surface area contributed by atoms with E-state index in [1.807, 2.05) is 85.8 Å². The van der Waals surface area contributed by atoms with Crippen molar-refractivity contribution >= 4 is 34.4 Å². The Morgan fingerprint density at radius 3 is 2.46 bits per heavy atom. The number of carbonyl (C=O) groups excluding carboxylic acids is 2. The van der Waals surface area contributed by atoms with E-state index in [4.69, 9.17) is 5.10 Å². The van der Waals surface area contributed by atoms with Gasteiger partial charge < -0.3 is 15.6 Å². The van der Waals surface area contributed by atoms with Crippen molar-refractivity contribution in [1.82, 2.24) is 25.1 Å². The number of amides is 2. The predicted molar refractivity (Wildman–Crippen MR) is 184 cm³/mol. The summed E-state index contributed by atoms with van der Waals surface area (Å²) in [4.78, 5) is 35.3. The molecule has 0 aliphatic carbocycles. The van der Waals surface area contributed by atoms with Crippen LogP contribution in [0.5, 0.6) is 0 Å². The molecule has 1 atom stereocenters. The molecule has 3 heterocycles. The quantitative estimate of drug-likeness (QED) is 0.139. The van der Waals surface area contributed by atoms with Crippen molar-refractivity contribution in [3.63, 3.8) is 0 Å². The maximum absolute atomic E-state index is 13.9. The van der Waals surface area contributed by atoms with Crippen LogP contribution >= 0.6 is 0 Å². The molecule has 1 aliphatic heterocycles. The smallest absolute Gasteiger partial charge is 0.324 e. The number of H-pyrrole nitrogens is 1. The second kappa shape index (κ2) is 13.3. The number of fused-ring (bicyclic) bond motifs is 1. The van der Waals surface area contributed by atoms with Crippen LogP contribution in [-0.4, -0.2) is 44.7 Å². The van der Waals surface area contributed by atoms with Crippen LogP contribution in [-0.2, 0) is 16.6 Å². The molecule has 46 heavy (non-hydrogen) atoms. The summed E-state index contributed by atoms with van der Waals surface area (Å²) in [6.45, 7) is 10.1. The monoisotopic (exact) mass is 617 g/mol. The lowest BCUT2D eigenvalue weighted by Gasteiger charge is -2.30. The molecule has 4 N–H and O–H groups in total. The van der Waals surface area contributed by atoms with Crippen LogP contribution in [0, 0.1) is 12.8 Å². The second-order valence-electron chi connectivity index (χ2n) is 13.3. The average Bonchev–Trinajstić information content (AvgIpc) is 3.66. The summed E-state index contributed by atoms with van der Waals surface area (Å²) in [6.07, 6.45) is 2.81. The van der Waals surface area contributed by atoms with Gasteiger partial charge in [0.15, 0.2) is 0 Å². The van der Waals surface area contributed by atoms with E-state index in [0.29, 0.717) is 24.3 Å². The number of benzene rings is 3. The Bertz CT molecular complexity index is 1790. The number of anilines is 2. The molecule has 3 aromatic carbocycles. The Morgan fingerprint density at radius 1 is 0.957 bits per heavy atom. The summed E-state index contributed by atoms with van der Waals surface area (Å²) in [5.41, 5.74) is 6.14. The lowest BCUT2D eigenvalue weighted by Crippen LogP contribution is -2.33. The van der Waals surface area contributed by atoms with Gasteiger partial charge >= 0.3 is 6.03 Å². The lowest BCUT2D eigenvalue weighted by atomic mass is 9.77. The highest BCUT2D eigenvalue weighted by Gasteiger charge is 2.31. The zero-order valence-electron chi connectivity index (χ0n) is 27.1. The van der Waals surface area contributed by atoms with Crippen LogP contribution in [0.3, 0.4) is 0 Å². The summed E-state index contributed by atoms with van der Waals surface area (Å²) in [5.74, 6) is 1.58. The molecule has 1 unspecified atom stereocenters. The van der Waals surface area contributed by atoms with Crippen LogP contribution in [0.15, 0.2) is 78.9 Å². The Morgan fingerprint density at radius 2 is 1.72 bits per heavy atom. The second-order valence-corrected chi connectivity index (χ2v) is 13.3. The number of urea groups is 1. The molecular formula is C37H43N7O2. The molecule has 1 aliphatic rings. The number of hydrogen-bond acceptors (Lipinski definition) is 5. The Labute approximate surface area is 270 Å². The summed E-state index contributed by atoms with van der Waals surface area (Å²) in [7, 11) is 0. The summed E-state index contributed by atoms with van der Waals surface area (Å²) < 4.78 is 1.77. The molecule has 0 saturated carbocycles. The van der Waals surface area contributed by atoms with Crippen molar-refractivity contribution < 1.29 is 9.59 Å². The SMILES string of the molecule is Cc1ccc(-n2nc(C(C)(C)C)cc2NC(=O)Nc2cccc(C(C(=O)CCc3nc4ccccc4[nH]3)C3CCNCC3)c2)cc1. The van der Waals surface area contributed by atoms with Gasteiger partial charge in [-0.25, -0.2) is 14.5 Å². The first kappa shape index (κ1) is 31.2. The predicted octanol–water partition coefficient (Wildman–Crippen LogP) is 7.28. The number of Topliss-reactive ketones (excluding diaryl/α,β-unsaturated/α-hetero) is 1. The van der Waals surface area contributed by atoms with Gasteiger partial charge in [0.05, 0.1) is 22.4 Å². The molecule has 0 spiro atoms. The highest BCUT2D eigenvalue weighted by atomic mass is 16.2. The molecule has 6 rings (SSSR count). The Kier molecular flexibility index (Phi) is 9.03. The van der Waals surface area contributed by atoms with Crippen molar-refractivity contribution in [2.75, 3.05) is 23.7 Å². The van der Waals surface area contributed by atoms with Gasteiger partial charge in [0, 0.05) is 35.9 Å². The normalized spacial score (nSPS) is 14.7. The number of nitrogens with zero attached hydrogens (tertiary/aromatic N) is 3. The molecule has 238 valence electrons. The fraction of sp³-hybridized carbons (Fsp3) is 0.351.